The fraction of sp³-hybridized carbons (Fsp3) is 0.647. The van der Waals surface area contributed by atoms with Crippen molar-refractivity contribution in [2.45, 2.75) is 50.0 Å². The molecule has 0 amide bonds. The van der Waals surface area contributed by atoms with Gasteiger partial charge in [0, 0.05) is 12.6 Å². The second kappa shape index (κ2) is 8.95. The summed E-state index contributed by atoms with van der Waals surface area (Å²) >= 11 is 0. The maximum Gasteiger partial charge on any atom is 0.240 e. The summed E-state index contributed by atoms with van der Waals surface area (Å²) in [7, 11) is -2.09. The average molecular weight is 372 g/mol. The smallest absolute Gasteiger partial charge is 0.240 e. The molecule has 1 unspecified atom stereocenters. The first-order valence-corrected chi connectivity index (χ1v) is 9.99. The van der Waals surface area contributed by atoms with Gasteiger partial charge in [0.05, 0.1) is 24.7 Å². The average Bonchev–Trinajstić information content (AvgIpc) is 2.97. The highest BCUT2D eigenvalue weighted by Gasteiger charge is 2.27. The van der Waals surface area contributed by atoms with Gasteiger partial charge in [0.2, 0.25) is 10.0 Å². The molecule has 1 aromatic carbocycles. The van der Waals surface area contributed by atoms with Crippen molar-refractivity contribution < 1.29 is 23.0 Å². The lowest BCUT2D eigenvalue weighted by molar-refractivity contribution is -0.0718. The number of nitrogens with one attached hydrogen (secondary N) is 2. The molecule has 1 aliphatic rings. The Kier molecular flexibility index (Phi) is 7.21. The molecule has 0 radical (unpaired) electrons. The summed E-state index contributed by atoms with van der Waals surface area (Å²) in [4.78, 5) is 0.200. The molecule has 1 fully saturated rings. The van der Waals surface area contributed by atoms with E-state index in [1.165, 1.54) is 19.2 Å². The molecule has 0 bridgehead atoms. The molecule has 1 heterocycles. The van der Waals surface area contributed by atoms with Crippen molar-refractivity contribution in [3.63, 3.8) is 0 Å². The van der Waals surface area contributed by atoms with E-state index in [9.17, 15) is 13.5 Å². The molecule has 1 saturated heterocycles. The highest BCUT2D eigenvalue weighted by molar-refractivity contribution is 7.89. The number of ether oxygens (including phenoxy) is 2. The van der Waals surface area contributed by atoms with Crippen LogP contribution in [0.5, 0.6) is 5.75 Å². The van der Waals surface area contributed by atoms with Crippen LogP contribution in [0.1, 0.15) is 26.7 Å². The van der Waals surface area contributed by atoms with E-state index in [1.54, 1.807) is 12.1 Å². The van der Waals surface area contributed by atoms with Gasteiger partial charge in [-0.1, -0.05) is 13.8 Å². The lowest BCUT2D eigenvalue weighted by atomic mass is 10.0. The van der Waals surface area contributed by atoms with Gasteiger partial charge in [-0.15, -0.1) is 0 Å². The van der Waals surface area contributed by atoms with E-state index in [0.717, 1.165) is 0 Å². The maximum atomic E-state index is 12.6. The first-order valence-electron chi connectivity index (χ1n) is 8.51. The third-order valence-corrected chi connectivity index (χ3v) is 5.67. The number of rotatable bonds is 9. The van der Waals surface area contributed by atoms with Crippen molar-refractivity contribution in [1.29, 1.82) is 0 Å². The van der Waals surface area contributed by atoms with Gasteiger partial charge in [-0.05, 0) is 43.0 Å². The largest absolute Gasteiger partial charge is 0.497 e. The van der Waals surface area contributed by atoms with Crippen molar-refractivity contribution in [2.75, 3.05) is 20.3 Å². The van der Waals surface area contributed by atoms with Gasteiger partial charge in [0.15, 0.2) is 6.29 Å². The third-order valence-electron chi connectivity index (χ3n) is 4.14. The Bertz CT molecular complexity index is 633. The summed E-state index contributed by atoms with van der Waals surface area (Å²) in [5.41, 5.74) is 0. The molecule has 0 aliphatic carbocycles. The fourth-order valence-electron chi connectivity index (χ4n) is 2.86. The molecule has 2 rings (SSSR count). The maximum absolute atomic E-state index is 12.6. The van der Waals surface area contributed by atoms with E-state index in [1.807, 2.05) is 13.8 Å². The van der Waals surface area contributed by atoms with Crippen molar-refractivity contribution in [1.82, 2.24) is 10.0 Å². The molecule has 3 atom stereocenters. The second-order valence-corrected chi connectivity index (χ2v) is 8.40. The molecule has 0 spiro atoms. The van der Waals surface area contributed by atoms with Gasteiger partial charge in [0.1, 0.15) is 5.75 Å². The van der Waals surface area contributed by atoms with Crippen LogP contribution >= 0.6 is 0 Å². The number of hydrogen-bond acceptors (Lipinski definition) is 6. The fourth-order valence-corrected chi connectivity index (χ4v) is 4.10. The van der Waals surface area contributed by atoms with Crippen molar-refractivity contribution >= 4 is 10.0 Å². The van der Waals surface area contributed by atoms with Gasteiger partial charge in [-0.25, -0.2) is 13.1 Å². The first-order chi connectivity index (χ1) is 11.8. The molecule has 0 saturated carbocycles. The van der Waals surface area contributed by atoms with Crippen molar-refractivity contribution in [3.8, 4) is 5.75 Å². The van der Waals surface area contributed by atoms with Crippen LogP contribution in [0.4, 0.5) is 0 Å². The van der Waals surface area contributed by atoms with Crippen LogP contribution in [0.25, 0.3) is 0 Å². The molecule has 7 nitrogen and oxygen atoms in total. The van der Waals surface area contributed by atoms with Crippen molar-refractivity contribution in [2.24, 2.45) is 5.92 Å². The zero-order valence-corrected chi connectivity index (χ0v) is 15.8. The highest BCUT2D eigenvalue weighted by atomic mass is 32.2. The molecule has 1 aliphatic heterocycles. The van der Waals surface area contributed by atoms with E-state index in [2.05, 4.69) is 10.0 Å². The normalized spacial score (nSPS) is 22.3. The van der Waals surface area contributed by atoms with Crippen LogP contribution in [0.3, 0.4) is 0 Å². The topological polar surface area (TPSA) is 96.9 Å². The number of methoxy groups -OCH3 is 1. The van der Waals surface area contributed by atoms with Crippen LogP contribution < -0.4 is 14.8 Å². The number of aliphatic hydroxyl groups excluding tert-OH is 1. The second-order valence-electron chi connectivity index (χ2n) is 6.69. The predicted octanol–water partition coefficient (Wildman–Crippen LogP) is 1.09. The Balaban J connectivity index is 2.03. The SMILES string of the molecule is COc1ccc(S(=O)(=O)N[C@@H](CN[C@H]2CCOC2O)CC(C)C)cc1. The first kappa shape index (κ1) is 20.1. The van der Waals surface area contributed by atoms with E-state index >= 15 is 0 Å². The van der Waals surface area contributed by atoms with Crippen LogP contribution in [-0.2, 0) is 14.8 Å². The number of aliphatic hydroxyl groups is 1. The Hall–Kier alpha value is -1.19. The lowest BCUT2D eigenvalue weighted by Gasteiger charge is -2.24. The third kappa shape index (κ3) is 5.93. The van der Waals surface area contributed by atoms with Crippen LogP contribution in [0, 0.1) is 5.92 Å². The van der Waals surface area contributed by atoms with E-state index in [-0.39, 0.29) is 17.0 Å². The minimum Gasteiger partial charge on any atom is -0.497 e. The minimum absolute atomic E-state index is 0.167. The quantitative estimate of drug-likeness (QED) is 0.600. The molecule has 0 aromatic heterocycles. The monoisotopic (exact) mass is 372 g/mol. The van der Waals surface area contributed by atoms with Crippen molar-refractivity contribution in [3.05, 3.63) is 24.3 Å². The Morgan fingerprint density at radius 3 is 2.52 bits per heavy atom. The Morgan fingerprint density at radius 2 is 2.00 bits per heavy atom. The van der Waals surface area contributed by atoms with Crippen LogP contribution in [-0.4, -0.2) is 52.2 Å². The van der Waals surface area contributed by atoms with Gasteiger partial charge < -0.3 is 19.9 Å². The summed E-state index contributed by atoms with van der Waals surface area (Å²) in [6, 6.07) is 5.85. The summed E-state index contributed by atoms with van der Waals surface area (Å²) in [6.07, 6.45) is 0.560. The summed E-state index contributed by atoms with van der Waals surface area (Å²) in [5.74, 6) is 0.935. The van der Waals surface area contributed by atoms with E-state index in [4.69, 9.17) is 9.47 Å². The van der Waals surface area contributed by atoms with Gasteiger partial charge in [0.25, 0.3) is 0 Å². The summed E-state index contributed by atoms with van der Waals surface area (Å²) in [5, 5.41) is 12.9. The molecular weight excluding hydrogens is 344 g/mol. The van der Waals surface area contributed by atoms with E-state index in [0.29, 0.717) is 37.7 Å². The molecule has 3 N–H and O–H groups in total. The minimum atomic E-state index is -3.63. The Morgan fingerprint density at radius 1 is 1.32 bits per heavy atom. The van der Waals surface area contributed by atoms with Gasteiger partial charge in [-0.3, -0.25) is 0 Å². The van der Waals surface area contributed by atoms with Gasteiger partial charge in [-0.2, -0.15) is 0 Å². The molecule has 8 heteroatoms. The zero-order valence-electron chi connectivity index (χ0n) is 14.9. The van der Waals surface area contributed by atoms with Crippen LogP contribution in [0.15, 0.2) is 29.2 Å². The molecule has 142 valence electrons. The summed E-state index contributed by atoms with van der Waals surface area (Å²) < 4.78 is 38.2. The predicted molar refractivity (Wildman–Crippen MR) is 94.9 cm³/mol. The Labute approximate surface area is 149 Å². The number of benzene rings is 1. The lowest BCUT2D eigenvalue weighted by Crippen LogP contribution is -2.47. The number of hydrogen-bond donors (Lipinski definition) is 3. The standard InChI is InChI=1S/C17H28N2O5S/c1-12(2)10-13(11-18-16-8-9-24-17(16)20)19-25(21,22)15-6-4-14(23-3)5-7-15/h4-7,12-13,16-20H,8-11H2,1-3H3/t13-,16+,17?/m1/s1. The molecule has 25 heavy (non-hydrogen) atoms. The van der Waals surface area contributed by atoms with E-state index < -0.39 is 16.3 Å². The summed E-state index contributed by atoms with van der Waals surface area (Å²) in [6.45, 7) is 5.02. The zero-order chi connectivity index (χ0) is 18.4. The highest BCUT2D eigenvalue weighted by Crippen LogP contribution is 2.17. The van der Waals surface area contributed by atoms with Crippen LogP contribution in [0.2, 0.25) is 0 Å². The van der Waals surface area contributed by atoms with Gasteiger partial charge >= 0.3 is 0 Å². The number of sulfonamides is 1. The molecular formula is C17H28N2O5S. The molecule has 1 aromatic rings.